The van der Waals surface area contributed by atoms with Crippen LogP contribution in [0.1, 0.15) is 89.9 Å². The van der Waals surface area contributed by atoms with Gasteiger partial charge in [-0.05, 0) is 44.9 Å². The minimum Gasteiger partial charge on any atom is -0.308 e. The maximum Gasteiger partial charge on any atom is 0.0184 e. The van der Waals surface area contributed by atoms with E-state index in [-0.39, 0.29) is 0 Å². The second kappa shape index (κ2) is 8.09. The predicted octanol–water partition coefficient (Wildman–Crippen LogP) is 5.36. The third-order valence-corrected chi connectivity index (χ3v) is 5.25. The fraction of sp³-hybridized carbons (Fsp3) is 0.889. The molecule has 1 N–H and O–H groups in total. The van der Waals surface area contributed by atoms with E-state index >= 15 is 0 Å². The van der Waals surface area contributed by atoms with Crippen LogP contribution >= 0.6 is 0 Å². The number of hydrogen-bond donors (Lipinski definition) is 1. The van der Waals surface area contributed by atoms with Crippen molar-refractivity contribution in [3.05, 3.63) is 12.7 Å². The van der Waals surface area contributed by atoms with E-state index in [2.05, 4.69) is 11.9 Å². The molecule has 0 spiro atoms. The first-order chi connectivity index (χ1) is 9.35. The number of allylic oxidation sites excluding steroid dienone is 1. The summed E-state index contributed by atoms with van der Waals surface area (Å²) in [5.41, 5.74) is 0.576. The van der Waals surface area contributed by atoms with E-state index in [1.807, 2.05) is 6.08 Å². The van der Waals surface area contributed by atoms with Gasteiger partial charge >= 0.3 is 0 Å². The molecule has 110 valence electrons. The van der Waals surface area contributed by atoms with Crippen LogP contribution in [0, 0.1) is 0 Å². The van der Waals surface area contributed by atoms with Crippen molar-refractivity contribution < 1.29 is 0 Å². The smallest absolute Gasteiger partial charge is 0.0184 e. The average Bonchev–Trinajstić information content (AvgIpc) is 2.72. The molecule has 19 heavy (non-hydrogen) atoms. The van der Waals surface area contributed by atoms with Gasteiger partial charge in [-0.1, -0.05) is 51.0 Å². The average molecular weight is 263 g/mol. The summed E-state index contributed by atoms with van der Waals surface area (Å²) in [4.78, 5) is 0. The normalized spacial score (nSPS) is 29.6. The number of nitrogens with one attached hydrogen (secondary N) is 1. The van der Waals surface area contributed by atoms with Crippen LogP contribution in [0.25, 0.3) is 0 Å². The molecule has 2 heterocycles. The van der Waals surface area contributed by atoms with Gasteiger partial charge in [0.15, 0.2) is 0 Å². The molecule has 2 bridgehead atoms. The molecule has 0 amide bonds. The van der Waals surface area contributed by atoms with E-state index in [0.717, 1.165) is 6.04 Å². The lowest BCUT2D eigenvalue weighted by Gasteiger charge is -2.35. The highest BCUT2D eigenvalue weighted by Gasteiger charge is 2.40. The molecule has 0 radical (unpaired) electrons. The minimum atomic E-state index is 0.576. The summed E-state index contributed by atoms with van der Waals surface area (Å²) >= 11 is 0. The first-order valence-corrected chi connectivity index (χ1v) is 8.73. The van der Waals surface area contributed by atoms with Gasteiger partial charge < -0.3 is 5.32 Å². The van der Waals surface area contributed by atoms with Crippen LogP contribution in [0.15, 0.2) is 12.7 Å². The quantitative estimate of drug-likeness (QED) is 0.413. The summed E-state index contributed by atoms with van der Waals surface area (Å²) in [6.07, 6.45) is 21.9. The topological polar surface area (TPSA) is 12.0 Å². The monoisotopic (exact) mass is 263 g/mol. The zero-order valence-corrected chi connectivity index (χ0v) is 12.8. The summed E-state index contributed by atoms with van der Waals surface area (Å²) in [6.45, 7) is 3.78. The van der Waals surface area contributed by atoms with Crippen LogP contribution in [-0.4, -0.2) is 11.6 Å². The third kappa shape index (κ3) is 4.95. The van der Waals surface area contributed by atoms with Gasteiger partial charge in [-0.25, -0.2) is 0 Å². The Kier molecular flexibility index (Phi) is 6.43. The van der Waals surface area contributed by atoms with Gasteiger partial charge in [0.2, 0.25) is 0 Å². The molecule has 2 rings (SSSR count). The molecule has 1 nitrogen and oxygen atoms in total. The van der Waals surface area contributed by atoms with Gasteiger partial charge in [-0.3, -0.25) is 0 Å². The van der Waals surface area contributed by atoms with Crippen LogP contribution in [-0.2, 0) is 0 Å². The van der Waals surface area contributed by atoms with E-state index in [1.54, 1.807) is 0 Å². The molecule has 2 atom stereocenters. The fourth-order valence-electron chi connectivity index (χ4n) is 4.09. The lowest BCUT2D eigenvalue weighted by Crippen LogP contribution is -2.46. The van der Waals surface area contributed by atoms with Crippen molar-refractivity contribution in [1.29, 1.82) is 0 Å². The molecule has 0 aromatic heterocycles. The van der Waals surface area contributed by atoms with Gasteiger partial charge in [-0.15, -0.1) is 6.58 Å². The Morgan fingerprint density at radius 3 is 2.47 bits per heavy atom. The Morgan fingerprint density at radius 1 is 0.947 bits per heavy atom. The summed E-state index contributed by atoms with van der Waals surface area (Å²) in [7, 11) is 0. The molecule has 1 heteroatoms. The van der Waals surface area contributed by atoms with E-state index < -0.39 is 0 Å². The highest BCUT2D eigenvalue weighted by Crippen LogP contribution is 2.38. The molecule has 2 aliphatic heterocycles. The van der Waals surface area contributed by atoms with Crippen LogP contribution in [0.5, 0.6) is 0 Å². The maximum absolute atomic E-state index is 3.92. The Balaban J connectivity index is 1.45. The summed E-state index contributed by atoms with van der Waals surface area (Å²) in [5, 5.41) is 3.92. The molecule has 2 saturated heterocycles. The number of unbranched alkanes of at least 4 members (excludes halogenated alkanes) is 7. The second-order valence-corrected chi connectivity index (χ2v) is 6.85. The fourth-order valence-corrected chi connectivity index (χ4v) is 4.09. The lowest BCUT2D eigenvalue weighted by molar-refractivity contribution is 0.251. The van der Waals surface area contributed by atoms with Crippen molar-refractivity contribution in [3.63, 3.8) is 0 Å². The number of piperidine rings is 1. The number of rotatable bonds is 10. The molecule has 0 aliphatic carbocycles. The van der Waals surface area contributed by atoms with Crippen molar-refractivity contribution >= 4 is 0 Å². The first kappa shape index (κ1) is 15.1. The molecule has 0 aromatic rings. The summed E-state index contributed by atoms with van der Waals surface area (Å²) in [5.74, 6) is 0. The summed E-state index contributed by atoms with van der Waals surface area (Å²) < 4.78 is 0. The van der Waals surface area contributed by atoms with E-state index in [4.69, 9.17) is 0 Å². The van der Waals surface area contributed by atoms with E-state index in [9.17, 15) is 0 Å². The Hall–Kier alpha value is -0.300. The molecule has 0 saturated carbocycles. The Bertz CT molecular complexity index is 256. The lowest BCUT2D eigenvalue weighted by atomic mass is 9.85. The van der Waals surface area contributed by atoms with Crippen molar-refractivity contribution in [2.75, 3.05) is 0 Å². The standard InChI is InChI=1S/C18H33N/c1-2-3-4-5-6-7-8-9-10-14-18-15-11-12-17(19-18)13-16-18/h2,17,19H,1,3-16H2. The zero-order valence-electron chi connectivity index (χ0n) is 12.8. The highest BCUT2D eigenvalue weighted by molar-refractivity contribution is 5.00. The third-order valence-electron chi connectivity index (χ3n) is 5.25. The highest BCUT2D eigenvalue weighted by atomic mass is 15.1. The second-order valence-electron chi connectivity index (χ2n) is 6.85. The summed E-state index contributed by atoms with van der Waals surface area (Å²) in [6, 6.07) is 0.874. The Labute approximate surface area is 120 Å². The predicted molar refractivity (Wildman–Crippen MR) is 84.5 cm³/mol. The van der Waals surface area contributed by atoms with Gasteiger partial charge in [0.05, 0.1) is 0 Å². The molecule has 2 aliphatic rings. The van der Waals surface area contributed by atoms with E-state index in [1.165, 1.54) is 89.9 Å². The minimum absolute atomic E-state index is 0.576. The van der Waals surface area contributed by atoms with Crippen LogP contribution in [0.3, 0.4) is 0 Å². The van der Waals surface area contributed by atoms with Gasteiger partial charge in [0.25, 0.3) is 0 Å². The van der Waals surface area contributed by atoms with Crippen molar-refractivity contribution in [2.45, 2.75) is 101 Å². The molecule has 2 unspecified atom stereocenters. The van der Waals surface area contributed by atoms with E-state index in [0.29, 0.717) is 5.54 Å². The molecular formula is C18H33N. The van der Waals surface area contributed by atoms with Crippen LogP contribution in [0.4, 0.5) is 0 Å². The molecule has 2 fully saturated rings. The molecule has 0 aromatic carbocycles. The van der Waals surface area contributed by atoms with Gasteiger partial charge in [-0.2, -0.15) is 0 Å². The largest absolute Gasteiger partial charge is 0.308 e. The maximum atomic E-state index is 3.92. The number of fused-ring (bicyclic) bond motifs is 2. The van der Waals surface area contributed by atoms with Gasteiger partial charge in [0.1, 0.15) is 0 Å². The van der Waals surface area contributed by atoms with Gasteiger partial charge in [0, 0.05) is 11.6 Å². The molecular weight excluding hydrogens is 230 g/mol. The van der Waals surface area contributed by atoms with Crippen LogP contribution in [0.2, 0.25) is 0 Å². The first-order valence-electron chi connectivity index (χ1n) is 8.73. The zero-order chi connectivity index (χ0) is 13.4. The van der Waals surface area contributed by atoms with Crippen molar-refractivity contribution in [3.8, 4) is 0 Å². The van der Waals surface area contributed by atoms with Crippen molar-refractivity contribution in [1.82, 2.24) is 5.32 Å². The van der Waals surface area contributed by atoms with Crippen LogP contribution < -0.4 is 5.32 Å². The van der Waals surface area contributed by atoms with Crippen molar-refractivity contribution in [2.24, 2.45) is 0 Å². The Morgan fingerprint density at radius 2 is 1.68 bits per heavy atom. The SMILES string of the molecule is C=CCCCCCCCCCC12CCCC(CC1)N2. The number of hydrogen-bond acceptors (Lipinski definition) is 1.